The highest BCUT2D eigenvalue weighted by molar-refractivity contribution is 5.85. The molecule has 0 aliphatic carbocycles. The molecule has 0 saturated carbocycles. The second-order valence-corrected chi connectivity index (χ2v) is 5.51. The lowest BCUT2D eigenvalue weighted by molar-refractivity contribution is -0.0514. The smallest absolute Gasteiger partial charge is 0.387 e. The maximum absolute atomic E-state index is 12.4. The highest BCUT2D eigenvalue weighted by Gasteiger charge is 2.12. The SMILES string of the molecule is CCOc1cc(CN(C)Cc2cccc(N)c2)ccc1OC(F)F.Cl. The number of anilines is 1. The molecule has 2 aromatic rings. The number of alkyl halides is 2. The average molecular weight is 373 g/mol. The standard InChI is InChI=1S/C18H22F2N2O2.ClH/c1-3-23-17-10-14(7-8-16(17)24-18(19)20)12-22(2)11-13-5-4-6-15(21)9-13;/h4-10,18H,3,11-12,21H2,1-2H3;1H. The Hall–Kier alpha value is -2.05. The van der Waals surface area contributed by atoms with Crippen LogP contribution in [0.5, 0.6) is 11.5 Å². The lowest BCUT2D eigenvalue weighted by atomic mass is 10.1. The van der Waals surface area contributed by atoms with Gasteiger partial charge in [-0.3, -0.25) is 4.90 Å². The molecule has 4 nitrogen and oxygen atoms in total. The predicted octanol–water partition coefficient (Wildman–Crippen LogP) is 4.32. The van der Waals surface area contributed by atoms with Gasteiger partial charge in [0.05, 0.1) is 6.61 Å². The molecule has 2 aromatic carbocycles. The summed E-state index contributed by atoms with van der Waals surface area (Å²) in [5.41, 5.74) is 8.58. The van der Waals surface area contributed by atoms with E-state index in [1.54, 1.807) is 19.1 Å². The van der Waals surface area contributed by atoms with Crippen LogP contribution in [0.15, 0.2) is 42.5 Å². The summed E-state index contributed by atoms with van der Waals surface area (Å²) >= 11 is 0. The summed E-state index contributed by atoms with van der Waals surface area (Å²) < 4.78 is 34.7. The van der Waals surface area contributed by atoms with E-state index in [9.17, 15) is 8.78 Å². The molecule has 7 heteroatoms. The zero-order valence-electron chi connectivity index (χ0n) is 14.2. The third kappa shape index (κ3) is 6.76. The molecule has 0 amide bonds. The Balaban J connectivity index is 0.00000312. The first-order chi connectivity index (χ1) is 11.5. The van der Waals surface area contributed by atoms with Crippen LogP contribution in [-0.4, -0.2) is 25.2 Å². The summed E-state index contributed by atoms with van der Waals surface area (Å²) in [4.78, 5) is 2.10. The average Bonchev–Trinajstić information content (AvgIpc) is 2.49. The van der Waals surface area contributed by atoms with Gasteiger partial charge in [0, 0.05) is 18.8 Å². The lowest BCUT2D eigenvalue weighted by Crippen LogP contribution is -2.17. The number of nitrogens with two attached hydrogens (primary N) is 1. The van der Waals surface area contributed by atoms with E-state index >= 15 is 0 Å². The van der Waals surface area contributed by atoms with Gasteiger partial charge >= 0.3 is 6.61 Å². The summed E-state index contributed by atoms with van der Waals surface area (Å²) in [5, 5.41) is 0. The second-order valence-electron chi connectivity index (χ2n) is 5.51. The van der Waals surface area contributed by atoms with Crippen molar-refractivity contribution >= 4 is 18.1 Å². The Morgan fingerprint density at radius 1 is 1.04 bits per heavy atom. The summed E-state index contributed by atoms with van der Waals surface area (Å²) in [5.74, 6) is 0.377. The molecule has 2 rings (SSSR count). The van der Waals surface area contributed by atoms with Gasteiger partial charge in [-0.05, 0) is 49.4 Å². The Morgan fingerprint density at radius 2 is 1.72 bits per heavy atom. The van der Waals surface area contributed by atoms with Crippen LogP contribution in [0.4, 0.5) is 14.5 Å². The lowest BCUT2D eigenvalue weighted by Gasteiger charge is -2.18. The quantitative estimate of drug-likeness (QED) is 0.701. The molecule has 0 bridgehead atoms. The fraction of sp³-hybridized carbons (Fsp3) is 0.333. The molecular formula is C18H23ClF2N2O2. The van der Waals surface area contributed by atoms with Crippen molar-refractivity contribution in [3.63, 3.8) is 0 Å². The van der Waals surface area contributed by atoms with Crippen molar-refractivity contribution in [1.82, 2.24) is 4.90 Å². The third-order valence-electron chi connectivity index (χ3n) is 3.38. The molecular weight excluding hydrogens is 350 g/mol. The maximum atomic E-state index is 12.4. The van der Waals surface area contributed by atoms with E-state index in [1.807, 2.05) is 31.3 Å². The van der Waals surface area contributed by atoms with Crippen LogP contribution in [0.3, 0.4) is 0 Å². The predicted molar refractivity (Wildman–Crippen MR) is 97.5 cm³/mol. The number of benzene rings is 2. The summed E-state index contributed by atoms with van der Waals surface area (Å²) in [6.45, 7) is 0.669. The van der Waals surface area contributed by atoms with Gasteiger partial charge in [0.1, 0.15) is 0 Å². The maximum Gasteiger partial charge on any atom is 0.387 e. The topological polar surface area (TPSA) is 47.7 Å². The molecule has 0 saturated heterocycles. The molecule has 0 atom stereocenters. The first kappa shape index (κ1) is 21.0. The molecule has 25 heavy (non-hydrogen) atoms. The Bertz CT molecular complexity index is 671. The highest BCUT2D eigenvalue weighted by Crippen LogP contribution is 2.30. The largest absolute Gasteiger partial charge is 0.490 e. The normalized spacial score (nSPS) is 10.6. The van der Waals surface area contributed by atoms with Crippen LogP contribution in [0.25, 0.3) is 0 Å². The van der Waals surface area contributed by atoms with Crippen molar-refractivity contribution in [3.8, 4) is 11.5 Å². The molecule has 0 heterocycles. The van der Waals surface area contributed by atoms with Gasteiger partial charge in [-0.1, -0.05) is 18.2 Å². The molecule has 0 aromatic heterocycles. The molecule has 0 unspecified atom stereocenters. The van der Waals surface area contributed by atoms with Gasteiger partial charge in [0.2, 0.25) is 0 Å². The molecule has 0 aliphatic rings. The number of hydrogen-bond donors (Lipinski definition) is 1. The van der Waals surface area contributed by atoms with Gasteiger partial charge in [-0.2, -0.15) is 8.78 Å². The van der Waals surface area contributed by atoms with Crippen molar-refractivity contribution in [2.75, 3.05) is 19.4 Å². The third-order valence-corrected chi connectivity index (χ3v) is 3.38. The summed E-state index contributed by atoms with van der Waals surface area (Å²) in [6, 6.07) is 12.7. The van der Waals surface area contributed by atoms with Crippen LogP contribution in [-0.2, 0) is 13.1 Å². The fourth-order valence-electron chi connectivity index (χ4n) is 2.48. The van der Waals surface area contributed by atoms with E-state index in [-0.39, 0.29) is 18.2 Å². The van der Waals surface area contributed by atoms with Crippen LogP contribution in [0, 0.1) is 0 Å². The molecule has 0 aliphatic heterocycles. The van der Waals surface area contributed by atoms with Crippen molar-refractivity contribution in [1.29, 1.82) is 0 Å². The fourth-order valence-corrected chi connectivity index (χ4v) is 2.48. The van der Waals surface area contributed by atoms with E-state index in [0.29, 0.717) is 18.9 Å². The number of hydrogen-bond acceptors (Lipinski definition) is 4. The minimum Gasteiger partial charge on any atom is -0.490 e. The van der Waals surface area contributed by atoms with E-state index < -0.39 is 6.61 Å². The van der Waals surface area contributed by atoms with Crippen LogP contribution >= 0.6 is 12.4 Å². The Kier molecular flexibility index (Phi) is 8.45. The van der Waals surface area contributed by atoms with Crippen LogP contribution in [0.1, 0.15) is 18.1 Å². The number of nitrogens with zero attached hydrogens (tertiary/aromatic N) is 1. The first-order valence-electron chi connectivity index (χ1n) is 7.71. The number of halogens is 3. The number of nitrogen functional groups attached to an aromatic ring is 1. The monoisotopic (exact) mass is 372 g/mol. The zero-order valence-corrected chi connectivity index (χ0v) is 15.1. The Labute approximate surface area is 152 Å². The van der Waals surface area contributed by atoms with Crippen molar-refractivity contribution in [2.24, 2.45) is 0 Å². The minimum atomic E-state index is -2.87. The van der Waals surface area contributed by atoms with Gasteiger partial charge in [-0.15, -0.1) is 12.4 Å². The second kappa shape index (κ2) is 10.1. The molecule has 0 fully saturated rings. The van der Waals surface area contributed by atoms with Gasteiger partial charge in [-0.25, -0.2) is 0 Å². The van der Waals surface area contributed by atoms with E-state index in [1.165, 1.54) is 6.07 Å². The van der Waals surface area contributed by atoms with Gasteiger partial charge in [0.15, 0.2) is 11.5 Å². The first-order valence-corrected chi connectivity index (χ1v) is 7.71. The highest BCUT2D eigenvalue weighted by atomic mass is 35.5. The molecule has 138 valence electrons. The molecule has 0 radical (unpaired) electrons. The molecule has 2 N–H and O–H groups in total. The summed E-state index contributed by atoms with van der Waals surface area (Å²) in [6.07, 6.45) is 0. The van der Waals surface area contributed by atoms with Crippen molar-refractivity contribution in [2.45, 2.75) is 26.6 Å². The summed E-state index contributed by atoms with van der Waals surface area (Å²) in [7, 11) is 1.98. The zero-order chi connectivity index (χ0) is 17.5. The van der Waals surface area contributed by atoms with Crippen molar-refractivity contribution < 1.29 is 18.3 Å². The minimum absolute atomic E-state index is 0. The van der Waals surface area contributed by atoms with E-state index in [4.69, 9.17) is 10.5 Å². The van der Waals surface area contributed by atoms with E-state index in [2.05, 4.69) is 9.64 Å². The van der Waals surface area contributed by atoms with Gasteiger partial charge < -0.3 is 15.2 Å². The van der Waals surface area contributed by atoms with E-state index in [0.717, 1.165) is 23.4 Å². The number of ether oxygens (including phenoxy) is 2. The number of rotatable bonds is 8. The van der Waals surface area contributed by atoms with Crippen molar-refractivity contribution in [3.05, 3.63) is 53.6 Å². The van der Waals surface area contributed by atoms with Crippen LogP contribution in [0.2, 0.25) is 0 Å². The molecule has 0 spiro atoms. The van der Waals surface area contributed by atoms with Crippen LogP contribution < -0.4 is 15.2 Å². The van der Waals surface area contributed by atoms with Gasteiger partial charge in [0.25, 0.3) is 0 Å². The Morgan fingerprint density at radius 3 is 2.32 bits per heavy atom.